The van der Waals surface area contributed by atoms with Crippen molar-refractivity contribution in [1.29, 1.82) is 0 Å². The van der Waals surface area contributed by atoms with Crippen LogP contribution >= 0.6 is 11.3 Å². The molecule has 9 nitrogen and oxygen atoms in total. The molecule has 196 valence electrons. The lowest BCUT2D eigenvalue weighted by atomic mass is 10.0. The first kappa shape index (κ1) is 26.7. The topological polar surface area (TPSA) is 99.3 Å². The van der Waals surface area contributed by atoms with Crippen molar-refractivity contribution in [2.75, 3.05) is 57.8 Å². The van der Waals surface area contributed by atoms with Crippen molar-refractivity contribution in [2.24, 2.45) is 0 Å². The van der Waals surface area contributed by atoms with Crippen LogP contribution in [0.5, 0.6) is 0 Å². The summed E-state index contributed by atoms with van der Waals surface area (Å²) in [6.45, 7) is 11.1. The molecule has 2 amide bonds. The van der Waals surface area contributed by atoms with Gasteiger partial charge in [-0.05, 0) is 56.6 Å². The third-order valence-corrected chi connectivity index (χ3v) is 9.84. The molecule has 0 unspecified atom stereocenters. The van der Waals surface area contributed by atoms with Gasteiger partial charge >= 0.3 is 0 Å². The molecule has 0 spiro atoms. The molecule has 2 aromatic rings. The number of fused-ring (bicyclic) bond motifs is 1. The summed E-state index contributed by atoms with van der Waals surface area (Å²) in [5.41, 5.74) is 1.96. The first-order valence-electron chi connectivity index (χ1n) is 12.5. The molecule has 1 aromatic heterocycles. The van der Waals surface area contributed by atoms with Gasteiger partial charge in [-0.3, -0.25) is 14.5 Å². The Morgan fingerprint density at radius 2 is 1.72 bits per heavy atom. The lowest BCUT2D eigenvalue weighted by Gasteiger charge is -2.26. The number of amides is 2. The second-order valence-electron chi connectivity index (χ2n) is 8.80. The minimum Gasteiger partial charge on any atom is -0.379 e. The Balaban J connectivity index is 1.59. The van der Waals surface area contributed by atoms with Gasteiger partial charge in [0.15, 0.2) is 0 Å². The number of carbonyl (C=O) groups excluding carboxylic acids is 2. The number of morpholine rings is 1. The van der Waals surface area contributed by atoms with Gasteiger partial charge in [-0.1, -0.05) is 6.92 Å². The van der Waals surface area contributed by atoms with E-state index < -0.39 is 10.0 Å². The van der Waals surface area contributed by atoms with Crippen LogP contribution < -0.4 is 5.32 Å². The van der Waals surface area contributed by atoms with Crippen LogP contribution in [-0.4, -0.2) is 86.8 Å². The maximum Gasteiger partial charge on any atom is 0.257 e. The fraction of sp³-hybridized carbons (Fsp3) is 0.520. The van der Waals surface area contributed by atoms with Crippen molar-refractivity contribution in [3.05, 3.63) is 45.8 Å². The summed E-state index contributed by atoms with van der Waals surface area (Å²) in [6, 6.07) is 5.95. The maximum absolute atomic E-state index is 13.4. The summed E-state index contributed by atoms with van der Waals surface area (Å²) in [7, 11) is -3.64. The largest absolute Gasteiger partial charge is 0.379 e. The lowest BCUT2D eigenvalue weighted by Crippen LogP contribution is -2.40. The number of nitrogens with one attached hydrogen (secondary N) is 1. The number of hydrogen-bond acceptors (Lipinski definition) is 7. The van der Waals surface area contributed by atoms with E-state index in [0.29, 0.717) is 55.5 Å². The van der Waals surface area contributed by atoms with Crippen molar-refractivity contribution in [3.63, 3.8) is 0 Å². The van der Waals surface area contributed by atoms with Gasteiger partial charge in [0.1, 0.15) is 5.00 Å². The van der Waals surface area contributed by atoms with Crippen molar-refractivity contribution >= 4 is 38.2 Å². The summed E-state index contributed by atoms with van der Waals surface area (Å²) >= 11 is 1.46. The van der Waals surface area contributed by atoms with Crippen LogP contribution in [0.1, 0.15) is 51.9 Å². The summed E-state index contributed by atoms with van der Waals surface area (Å²) in [5.74, 6) is -0.436. The molecule has 36 heavy (non-hydrogen) atoms. The number of carbonyl (C=O) groups is 2. The first-order valence-corrected chi connectivity index (χ1v) is 14.7. The normalized spacial score (nSPS) is 17.0. The molecule has 2 aliphatic rings. The number of rotatable bonds is 8. The molecule has 0 saturated carbocycles. The van der Waals surface area contributed by atoms with Crippen LogP contribution in [0.4, 0.5) is 5.00 Å². The fourth-order valence-electron chi connectivity index (χ4n) is 4.60. The summed E-state index contributed by atoms with van der Waals surface area (Å²) < 4.78 is 32.4. The molecule has 0 atom stereocenters. The first-order chi connectivity index (χ1) is 17.3. The van der Waals surface area contributed by atoms with Gasteiger partial charge in [-0.15, -0.1) is 11.3 Å². The van der Waals surface area contributed by atoms with Crippen molar-refractivity contribution in [1.82, 2.24) is 14.1 Å². The average Bonchev–Trinajstić information content (AvgIpc) is 3.26. The molecular formula is C25H34N4O5S2. The van der Waals surface area contributed by atoms with E-state index in [-0.39, 0.29) is 16.7 Å². The second-order valence-corrected chi connectivity index (χ2v) is 11.8. The number of likely N-dealkylation sites (N-methyl/N-ethyl adjacent to an activating group) is 1. The van der Waals surface area contributed by atoms with Gasteiger partial charge in [0.05, 0.1) is 23.7 Å². The van der Waals surface area contributed by atoms with E-state index >= 15 is 0 Å². The Kier molecular flexibility index (Phi) is 8.46. The predicted molar refractivity (Wildman–Crippen MR) is 140 cm³/mol. The summed E-state index contributed by atoms with van der Waals surface area (Å²) in [5, 5.41) is 3.52. The number of benzene rings is 1. The molecule has 11 heteroatoms. The van der Waals surface area contributed by atoms with E-state index in [9.17, 15) is 18.0 Å². The highest BCUT2D eigenvalue weighted by atomic mass is 32.2. The zero-order chi connectivity index (χ0) is 25.9. The van der Waals surface area contributed by atoms with Crippen molar-refractivity contribution in [2.45, 2.75) is 38.6 Å². The molecule has 4 rings (SSSR count). The molecule has 0 bridgehead atoms. The number of thiophene rings is 1. The molecule has 1 saturated heterocycles. The number of sulfonamides is 1. The smallest absolute Gasteiger partial charge is 0.257 e. The Labute approximate surface area is 217 Å². The quantitative estimate of drug-likeness (QED) is 0.559. The molecule has 0 aliphatic carbocycles. The maximum atomic E-state index is 13.4. The predicted octanol–water partition coefficient (Wildman–Crippen LogP) is 2.88. The molecule has 1 aromatic carbocycles. The van der Waals surface area contributed by atoms with Crippen LogP contribution in [0, 0.1) is 0 Å². The Hall–Kier alpha value is -2.31. The van der Waals surface area contributed by atoms with E-state index in [1.807, 2.05) is 13.8 Å². The van der Waals surface area contributed by atoms with E-state index in [0.717, 1.165) is 36.5 Å². The minimum absolute atomic E-state index is 0.0651. The monoisotopic (exact) mass is 534 g/mol. The Bertz CT molecular complexity index is 1200. The Morgan fingerprint density at radius 3 is 2.33 bits per heavy atom. The third kappa shape index (κ3) is 5.35. The number of anilines is 1. The van der Waals surface area contributed by atoms with Crippen molar-refractivity contribution < 1.29 is 22.7 Å². The fourth-order valence-corrected chi connectivity index (χ4v) is 7.28. The Morgan fingerprint density at radius 1 is 1.06 bits per heavy atom. The number of nitrogens with zero attached hydrogens (tertiary/aromatic N) is 3. The van der Waals surface area contributed by atoms with Gasteiger partial charge in [0.2, 0.25) is 10.0 Å². The van der Waals surface area contributed by atoms with Gasteiger partial charge in [-0.2, -0.15) is 4.31 Å². The van der Waals surface area contributed by atoms with Gasteiger partial charge in [-0.25, -0.2) is 8.42 Å². The lowest BCUT2D eigenvalue weighted by molar-refractivity contribution is 0.0730. The summed E-state index contributed by atoms with van der Waals surface area (Å²) in [6.07, 6.45) is 0.770. The van der Waals surface area contributed by atoms with Crippen LogP contribution in [0.25, 0.3) is 0 Å². The highest BCUT2D eigenvalue weighted by molar-refractivity contribution is 7.89. The van der Waals surface area contributed by atoms with Crippen LogP contribution in [-0.2, 0) is 27.7 Å². The molecule has 1 fully saturated rings. The zero-order valence-corrected chi connectivity index (χ0v) is 22.7. The van der Waals surface area contributed by atoms with Crippen LogP contribution in [0.15, 0.2) is 29.2 Å². The van der Waals surface area contributed by atoms with Gasteiger partial charge < -0.3 is 15.0 Å². The highest BCUT2D eigenvalue weighted by Crippen LogP contribution is 2.38. The van der Waals surface area contributed by atoms with Gasteiger partial charge in [0.25, 0.3) is 11.8 Å². The zero-order valence-electron chi connectivity index (χ0n) is 21.1. The third-order valence-electron chi connectivity index (χ3n) is 6.80. The van der Waals surface area contributed by atoms with E-state index in [1.165, 1.54) is 39.9 Å². The van der Waals surface area contributed by atoms with Crippen LogP contribution in [0.3, 0.4) is 0 Å². The molecular weight excluding hydrogens is 500 g/mol. The van der Waals surface area contributed by atoms with Crippen LogP contribution in [0.2, 0.25) is 0 Å². The molecule has 0 radical (unpaired) electrons. The molecule has 1 N–H and O–H groups in total. The molecule has 3 heterocycles. The standard InChI is InChI=1S/C25H34N4O5S2/c1-4-27-12-11-20-21(17-27)35-24(22(20)25(31)28(5-2)6-3)26-23(30)18-7-9-19(10-8-18)36(32,33)29-13-15-34-16-14-29/h7-10H,4-6,11-17H2,1-3H3,(H,26,30). The number of ether oxygens (including phenoxy) is 1. The van der Waals surface area contributed by atoms with E-state index in [2.05, 4.69) is 17.1 Å². The minimum atomic E-state index is -3.64. The van der Waals surface area contributed by atoms with E-state index in [4.69, 9.17) is 4.74 Å². The summed E-state index contributed by atoms with van der Waals surface area (Å²) in [4.78, 5) is 32.0. The van der Waals surface area contributed by atoms with E-state index in [1.54, 1.807) is 4.90 Å². The van der Waals surface area contributed by atoms with Crippen molar-refractivity contribution in [3.8, 4) is 0 Å². The van der Waals surface area contributed by atoms with Gasteiger partial charge in [0, 0.05) is 49.7 Å². The molecule has 2 aliphatic heterocycles. The second kappa shape index (κ2) is 11.4. The highest BCUT2D eigenvalue weighted by Gasteiger charge is 2.31. The number of hydrogen-bond donors (Lipinski definition) is 1. The average molecular weight is 535 g/mol. The SMILES string of the molecule is CCN1CCc2c(sc(NC(=O)c3ccc(S(=O)(=O)N4CCOCC4)cc3)c2C(=O)N(CC)CC)C1.